The molecule has 0 unspecified atom stereocenters. The summed E-state index contributed by atoms with van der Waals surface area (Å²) in [5.41, 5.74) is 13.3. The summed E-state index contributed by atoms with van der Waals surface area (Å²) in [5, 5.41) is 0. The van der Waals surface area contributed by atoms with Crippen molar-refractivity contribution in [2.75, 3.05) is 11.5 Å². The van der Waals surface area contributed by atoms with Gasteiger partial charge in [0.15, 0.2) is 5.95 Å². The number of fused-ring (bicyclic) bond motifs is 1. The van der Waals surface area contributed by atoms with E-state index in [1.54, 1.807) is 6.07 Å². The van der Waals surface area contributed by atoms with Gasteiger partial charge in [0, 0.05) is 4.90 Å². The van der Waals surface area contributed by atoms with Crippen molar-refractivity contribution in [2.45, 2.75) is 4.90 Å². The molecule has 1 aromatic heterocycles. The van der Waals surface area contributed by atoms with E-state index in [0.717, 1.165) is 10.4 Å². The fraction of sp³-hybridized carbons (Fsp3) is 0. The van der Waals surface area contributed by atoms with Crippen LogP contribution in [0.2, 0.25) is 0 Å². The van der Waals surface area contributed by atoms with Crippen LogP contribution in [0.4, 0.5) is 11.6 Å². The molecular formula is C7H8N4S. The van der Waals surface area contributed by atoms with Crippen molar-refractivity contribution in [3.05, 3.63) is 12.1 Å². The molecule has 0 aliphatic rings. The molecule has 0 amide bonds. The zero-order chi connectivity index (χ0) is 8.72. The molecule has 2 rings (SSSR count). The normalized spacial score (nSPS) is 10.8. The van der Waals surface area contributed by atoms with Gasteiger partial charge in [-0.15, -0.1) is 12.6 Å². The lowest BCUT2D eigenvalue weighted by Gasteiger charge is -1.95. The summed E-state index contributed by atoms with van der Waals surface area (Å²) in [7, 11) is 0. The summed E-state index contributed by atoms with van der Waals surface area (Å²) in [5.74, 6) is 0.371. The Morgan fingerprint density at radius 2 is 2.08 bits per heavy atom. The van der Waals surface area contributed by atoms with Crippen molar-refractivity contribution in [1.82, 2.24) is 9.97 Å². The number of benzene rings is 1. The number of anilines is 2. The molecule has 5 heteroatoms. The second kappa shape index (κ2) is 2.31. The Balaban J connectivity index is 2.88. The quantitative estimate of drug-likeness (QED) is 0.361. The number of H-pyrrole nitrogens is 1. The minimum Gasteiger partial charge on any atom is -0.397 e. The number of aromatic nitrogens is 2. The number of nitrogens with one attached hydrogen (secondary N) is 1. The van der Waals surface area contributed by atoms with Crippen molar-refractivity contribution >= 4 is 35.3 Å². The number of thiol groups is 1. The Labute approximate surface area is 74.4 Å². The SMILES string of the molecule is Nc1nc2c(N)cc(S)cc2[nH]1. The van der Waals surface area contributed by atoms with Gasteiger partial charge >= 0.3 is 0 Å². The van der Waals surface area contributed by atoms with Gasteiger partial charge in [0.05, 0.1) is 11.2 Å². The second-order valence-electron chi connectivity index (χ2n) is 2.55. The molecule has 0 spiro atoms. The molecule has 4 nitrogen and oxygen atoms in total. The van der Waals surface area contributed by atoms with Crippen molar-refractivity contribution < 1.29 is 0 Å². The molecule has 1 aromatic carbocycles. The van der Waals surface area contributed by atoms with Crippen LogP contribution >= 0.6 is 12.6 Å². The predicted molar refractivity (Wildman–Crippen MR) is 52.2 cm³/mol. The Morgan fingerprint density at radius 3 is 2.83 bits per heavy atom. The first-order chi connectivity index (χ1) is 5.66. The third-order valence-electron chi connectivity index (χ3n) is 1.62. The minimum absolute atomic E-state index is 0.371. The first kappa shape index (κ1) is 7.30. The zero-order valence-corrected chi connectivity index (χ0v) is 7.10. The monoisotopic (exact) mass is 180 g/mol. The van der Waals surface area contributed by atoms with Crippen molar-refractivity contribution in [1.29, 1.82) is 0 Å². The maximum Gasteiger partial charge on any atom is 0.198 e. The summed E-state index contributed by atoms with van der Waals surface area (Å²) in [6, 6.07) is 3.57. The largest absolute Gasteiger partial charge is 0.397 e. The van der Waals surface area contributed by atoms with E-state index in [-0.39, 0.29) is 0 Å². The van der Waals surface area contributed by atoms with Gasteiger partial charge < -0.3 is 16.5 Å². The predicted octanol–water partition coefficient (Wildman–Crippen LogP) is 1.02. The van der Waals surface area contributed by atoms with Crippen LogP contribution in [-0.2, 0) is 0 Å². The lowest BCUT2D eigenvalue weighted by atomic mass is 10.3. The van der Waals surface area contributed by atoms with E-state index in [9.17, 15) is 0 Å². The van der Waals surface area contributed by atoms with E-state index in [1.165, 1.54) is 0 Å². The zero-order valence-electron chi connectivity index (χ0n) is 6.20. The number of aromatic amines is 1. The van der Waals surface area contributed by atoms with Gasteiger partial charge in [-0.2, -0.15) is 0 Å². The molecule has 0 radical (unpaired) electrons. The molecular weight excluding hydrogens is 172 g/mol. The standard InChI is InChI=1S/C7H8N4S/c8-4-1-3(12)2-5-6(4)11-7(9)10-5/h1-2,12H,8H2,(H3,9,10,11). The van der Waals surface area contributed by atoms with Crippen LogP contribution in [0.5, 0.6) is 0 Å². The van der Waals surface area contributed by atoms with Crippen molar-refractivity contribution in [3.63, 3.8) is 0 Å². The molecule has 12 heavy (non-hydrogen) atoms. The maximum absolute atomic E-state index is 5.68. The van der Waals surface area contributed by atoms with Crippen LogP contribution in [-0.4, -0.2) is 9.97 Å². The van der Waals surface area contributed by atoms with Gasteiger partial charge in [0.2, 0.25) is 0 Å². The highest BCUT2D eigenvalue weighted by molar-refractivity contribution is 7.80. The van der Waals surface area contributed by atoms with Gasteiger partial charge in [-0.25, -0.2) is 4.98 Å². The van der Waals surface area contributed by atoms with Crippen LogP contribution in [0.3, 0.4) is 0 Å². The van der Waals surface area contributed by atoms with E-state index < -0.39 is 0 Å². The maximum atomic E-state index is 5.68. The van der Waals surface area contributed by atoms with E-state index >= 15 is 0 Å². The highest BCUT2D eigenvalue weighted by atomic mass is 32.1. The van der Waals surface area contributed by atoms with Crippen LogP contribution < -0.4 is 11.5 Å². The second-order valence-corrected chi connectivity index (χ2v) is 3.07. The van der Waals surface area contributed by atoms with E-state index in [1.807, 2.05) is 6.07 Å². The lowest BCUT2D eigenvalue weighted by Crippen LogP contribution is -1.87. The van der Waals surface area contributed by atoms with E-state index in [0.29, 0.717) is 17.2 Å². The van der Waals surface area contributed by atoms with Crippen LogP contribution in [0, 0.1) is 0 Å². The van der Waals surface area contributed by atoms with Gasteiger partial charge in [0.1, 0.15) is 5.52 Å². The molecule has 0 saturated heterocycles. The topological polar surface area (TPSA) is 80.7 Å². The first-order valence-electron chi connectivity index (χ1n) is 3.40. The molecule has 5 N–H and O–H groups in total. The molecule has 2 aromatic rings. The van der Waals surface area contributed by atoms with Gasteiger partial charge in [-0.05, 0) is 12.1 Å². The fourth-order valence-electron chi connectivity index (χ4n) is 1.15. The molecule has 0 fully saturated rings. The molecule has 62 valence electrons. The van der Waals surface area contributed by atoms with E-state index in [4.69, 9.17) is 11.5 Å². The highest BCUT2D eigenvalue weighted by Gasteiger charge is 2.03. The number of imidazole rings is 1. The van der Waals surface area contributed by atoms with E-state index in [2.05, 4.69) is 22.6 Å². The van der Waals surface area contributed by atoms with Crippen LogP contribution in [0.15, 0.2) is 17.0 Å². The molecule has 0 aliphatic carbocycles. The molecule has 1 heterocycles. The summed E-state index contributed by atoms with van der Waals surface area (Å²) < 4.78 is 0. The molecule has 0 aliphatic heterocycles. The summed E-state index contributed by atoms with van der Waals surface area (Å²) in [6.07, 6.45) is 0. The minimum atomic E-state index is 0.371. The first-order valence-corrected chi connectivity index (χ1v) is 3.85. The number of hydrogen-bond donors (Lipinski definition) is 4. The van der Waals surface area contributed by atoms with Crippen molar-refractivity contribution in [3.8, 4) is 0 Å². The Hall–Kier alpha value is -1.36. The summed E-state index contributed by atoms with van der Waals surface area (Å²) in [6.45, 7) is 0. The third-order valence-corrected chi connectivity index (χ3v) is 1.88. The molecule has 0 atom stereocenters. The molecule has 0 saturated carbocycles. The number of nitrogens with two attached hydrogens (primary N) is 2. The number of nitrogens with zero attached hydrogens (tertiary/aromatic N) is 1. The van der Waals surface area contributed by atoms with Crippen molar-refractivity contribution in [2.24, 2.45) is 0 Å². The van der Waals surface area contributed by atoms with Gasteiger partial charge in [-0.1, -0.05) is 0 Å². The number of hydrogen-bond acceptors (Lipinski definition) is 4. The third kappa shape index (κ3) is 0.984. The number of rotatable bonds is 0. The highest BCUT2D eigenvalue weighted by Crippen LogP contribution is 2.23. The Morgan fingerprint density at radius 1 is 1.33 bits per heavy atom. The Bertz CT molecular complexity index is 434. The lowest BCUT2D eigenvalue weighted by molar-refractivity contribution is 1.35. The van der Waals surface area contributed by atoms with Gasteiger partial charge in [-0.3, -0.25) is 0 Å². The average molecular weight is 180 g/mol. The fourth-order valence-corrected chi connectivity index (χ4v) is 1.42. The smallest absolute Gasteiger partial charge is 0.198 e. The van der Waals surface area contributed by atoms with Crippen LogP contribution in [0.1, 0.15) is 0 Å². The Kier molecular flexibility index (Phi) is 1.41. The average Bonchev–Trinajstić information content (AvgIpc) is 2.29. The van der Waals surface area contributed by atoms with Crippen LogP contribution in [0.25, 0.3) is 11.0 Å². The van der Waals surface area contributed by atoms with Gasteiger partial charge in [0.25, 0.3) is 0 Å². The number of nitrogen functional groups attached to an aromatic ring is 2. The summed E-state index contributed by atoms with van der Waals surface area (Å²) >= 11 is 4.17. The molecule has 0 bridgehead atoms. The summed E-state index contributed by atoms with van der Waals surface area (Å²) in [4.78, 5) is 7.69.